The fourth-order valence-electron chi connectivity index (χ4n) is 2.97. The van der Waals surface area contributed by atoms with Gasteiger partial charge in [0.25, 0.3) is 5.91 Å². The van der Waals surface area contributed by atoms with E-state index >= 15 is 0 Å². The van der Waals surface area contributed by atoms with Crippen molar-refractivity contribution in [2.24, 2.45) is 0 Å². The number of carbonyl (C=O) groups excluding carboxylic acids is 2. The molecule has 0 bridgehead atoms. The maximum Gasteiger partial charge on any atom is 0.341 e. The minimum atomic E-state index is -0.491. The van der Waals surface area contributed by atoms with E-state index in [9.17, 15) is 9.59 Å². The van der Waals surface area contributed by atoms with Crippen LogP contribution in [0.25, 0.3) is 11.1 Å². The normalized spacial score (nSPS) is 10.7. The summed E-state index contributed by atoms with van der Waals surface area (Å²) < 4.78 is 10.9. The molecule has 0 radical (unpaired) electrons. The molecule has 31 heavy (non-hydrogen) atoms. The van der Waals surface area contributed by atoms with Gasteiger partial charge in [0.1, 0.15) is 16.3 Å². The molecule has 1 amide bonds. The number of benzene rings is 2. The first-order chi connectivity index (χ1) is 14.9. The number of thiophene rings is 1. The smallest absolute Gasteiger partial charge is 0.341 e. The Kier molecular flexibility index (Phi) is 7.71. The highest BCUT2D eigenvalue weighted by molar-refractivity contribution is 7.15. The first-order valence-electron chi connectivity index (χ1n) is 9.96. The number of carbonyl (C=O) groups is 2. The van der Waals surface area contributed by atoms with Gasteiger partial charge in [0.2, 0.25) is 0 Å². The molecule has 0 spiro atoms. The third-order valence-corrected chi connectivity index (χ3v) is 5.72. The fraction of sp³-hybridized carbons (Fsp3) is 0.250. The van der Waals surface area contributed by atoms with Gasteiger partial charge in [0.15, 0.2) is 6.61 Å². The zero-order valence-electron chi connectivity index (χ0n) is 17.6. The van der Waals surface area contributed by atoms with Crippen LogP contribution in [0, 0.1) is 0 Å². The van der Waals surface area contributed by atoms with Crippen LogP contribution in [-0.4, -0.2) is 25.1 Å². The van der Waals surface area contributed by atoms with Crippen molar-refractivity contribution in [1.29, 1.82) is 0 Å². The predicted molar refractivity (Wildman–Crippen MR) is 125 cm³/mol. The van der Waals surface area contributed by atoms with Gasteiger partial charge in [0, 0.05) is 16.0 Å². The number of ether oxygens (including phenoxy) is 2. The van der Waals surface area contributed by atoms with E-state index in [2.05, 4.69) is 19.2 Å². The summed E-state index contributed by atoms with van der Waals surface area (Å²) in [6.07, 6.45) is 0. The van der Waals surface area contributed by atoms with Crippen LogP contribution in [0.2, 0.25) is 5.02 Å². The molecule has 7 heteroatoms. The molecule has 0 saturated heterocycles. The summed E-state index contributed by atoms with van der Waals surface area (Å²) in [6.45, 7) is 5.99. The minimum absolute atomic E-state index is 0.169. The Hall–Kier alpha value is -2.83. The fourth-order valence-corrected chi connectivity index (χ4v) is 4.07. The van der Waals surface area contributed by atoms with Gasteiger partial charge in [-0.05, 0) is 48.2 Å². The summed E-state index contributed by atoms with van der Waals surface area (Å²) in [5.41, 5.74) is 2.95. The van der Waals surface area contributed by atoms with Crippen LogP contribution in [0.5, 0.6) is 5.75 Å². The molecular weight excluding hydrogens is 434 g/mol. The van der Waals surface area contributed by atoms with E-state index in [0.717, 1.165) is 11.1 Å². The molecule has 2 aromatic carbocycles. The van der Waals surface area contributed by atoms with Crippen molar-refractivity contribution in [3.05, 3.63) is 70.1 Å². The van der Waals surface area contributed by atoms with E-state index in [0.29, 0.717) is 32.8 Å². The molecule has 1 aromatic heterocycles. The summed E-state index contributed by atoms with van der Waals surface area (Å²) in [5, 5.41) is 5.63. The molecule has 3 aromatic rings. The molecular formula is C24H24ClNO4S. The van der Waals surface area contributed by atoms with Crippen molar-refractivity contribution in [3.8, 4) is 16.9 Å². The van der Waals surface area contributed by atoms with Crippen LogP contribution in [0.3, 0.4) is 0 Å². The van der Waals surface area contributed by atoms with E-state index in [1.165, 1.54) is 11.3 Å². The van der Waals surface area contributed by atoms with Crippen molar-refractivity contribution in [2.45, 2.75) is 26.7 Å². The lowest BCUT2D eigenvalue weighted by Gasteiger charge is -2.11. The average molecular weight is 458 g/mol. The summed E-state index contributed by atoms with van der Waals surface area (Å²) in [7, 11) is 0. The maximum absolute atomic E-state index is 12.6. The molecule has 1 N–H and O–H groups in total. The third kappa shape index (κ3) is 5.87. The number of rotatable bonds is 8. The molecule has 0 atom stereocenters. The Bertz CT molecular complexity index is 1060. The first kappa shape index (κ1) is 22.8. The lowest BCUT2D eigenvalue weighted by Crippen LogP contribution is -2.21. The summed E-state index contributed by atoms with van der Waals surface area (Å²) >= 11 is 7.24. The summed E-state index contributed by atoms with van der Waals surface area (Å²) in [5.74, 6) is 0.140. The molecule has 0 aliphatic carbocycles. The van der Waals surface area contributed by atoms with Gasteiger partial charge in [-0.1, -0.05) is 49.7 Å². The largest absolute Gasteiger partial charge is 0.484 e. The Morgan fingerprint density at radius 1 is 1.13 bits per heavy atom. The second-order valence-electron chi connectivity index (χ2n) is 7.14. The van der Waals surface area contributed by atoms with Gasteiger partial charge in [-0.3, -0.25) is 4.79 Å². The van der Waals surface area contributed by atoms with E-state index in [1.54, 1.807) is 19.1 Å². The monoisotopic (exact) mass is 457 g/mol. The van der Waals surface area contributed by atoms with Gasteiger partial charge in [-0.2, -0.15) is 0 Å². The molecule has 162 valence electrons. The highest BCUT2D eigenvalue weighted by atomic mass is 35.5. The van der Waals surface area contributed by atoms with Gasteiger partial charge < -0.3 is 14.8 Å². The zero-order chi connectivity index (χ0) is 22.4. The highest BCUT2D eigenvalue weighted by Gasteiger charge is 2.23. The van der Waals surface area contributed by atoms with Gasteiger partial charge in [-0.25, -0.2) is 4.79 Å². The molecule has 0 fully saturated rings. The quantitative estimate of drug-likeness (QED) is 0.398. The van der Waals surface area contributed by atoms with Crippen molar-refractivity contribution in [2.75, 3.05) is 18.5 Å². The molecule has 0 aliphatic rings. The lowest BCUT2D eigenvalue weighted by molar-refractivity contribution is -0.118. The molecule has 0 saturated carbocycles. The second-order valence-corrected chi connectivity index (χ2v) is 8.46. The highest BCUT2D eigenvalue weighted by Crippen LogP contribution is 2.36. The van der Waals surface area contributed by atoms with Crippen LogP contribution >= 0.6 is 22.9 Å². The maximum atomic E-state index is 12.6. The van der Waals surface area contributed by atoms with Gasteiger partial charge in [-0.15, -0.1) is 11.3 Å². The van der Waals surface area contributed by atoms with Crippen molar-refractivity contribution >= 4 is 39.8 Å². The Morgan fingerprint density at radius 3 is 2.55 bits per heavy atom. The van der Waals surface area contributed by atoms with Crippen molar-refractivity contribution in [1.82, 2.24) is 0 Å². The van der Waals surface area contributed by atoms with E-state index in [4.69, 9.17) is 21.1 Å². The predicted octanol–water partition coefficient (Wildman–Crippen LogP) is 6.39. The Labute approximate surface area is 191 Å². The van der Waals surface area contributed by atoms with Gasteiger partial charge >= 0.3 is 5.97 Å². The summed E-state index contributed by atoms with van der Waals surface area (Å²) in [4.78, 5) is 25.2. The van der Waals surface area contributed by atoms with Crippen LogP contribution in [0.4, 0.5) is 5.00 Å². The minimum Gasteiger partial charge on any atom is -0.484 e. The van der Waals surface area contributed by atoms with Crippen molar-refractivity contribution < 1.29 is 19.1 Å². The van der Waals surface area contributed by atoms with Crippen LogP contribution in [0.1, 0.15) is 42.6 Å². The number of hydrogen-bond donors (Lipinski definition) is 1. The number of hydrogen-bond acceptors (Lipinski definition) is 5. The third-order valence-electron chi connectivity index (χ3n) is 4.57. The number of anilines is 1. The summed E-state index contributed by atoms with van der Waals surface area (Å²) in [6, 6.07) is 14.8. The molecule has 0 aliphatic heterocycles. The van der Waals surface area contributed by atoms with E-state index < -0.39 is 5.97 Å². The van der Waals surface area contributed by atoms with Crippen LogP contribution < -0.4 is 10.1 Å². The average Bonchev–Trinajstić information content (AvgIpc) is 3.16. The Morgan fingerprint density at radius 2 is 1.87 bits per heavy atom. The molecule has 0 unspecified atom stereocenters. The molecule has 1 heterocycles. The molecule has 3 rings (SSSR count). The van der Waals surface area contributed by atoms with Crippen LogP contribution in [-0.2, 0) is 9.53 Å². The van der Waals surface area contributed by atoms with Crippen LogP contribution in [0.15, 0.2) is 53.9 Å². The lowest BCUT2D eigenvalue weighted by atomic mass is 10.0. The number of amides is 1. The number of esters is 1. The number of halogens is 1. The number of nitrogens with one attached hydrogen (secondary N) is 1. The second kappa shape index (κ2) is 10.5. The van der Waals surface area contributed by atoms with Crippen molar-refractivity contribution in [3.63, 3.8) is 0 Å². The SMILES string of the molecule is CCOC(=O)c1c(-c2ccc(Cl)cc2)csc1NC(=O)COc1cccc(C(C)C)c1. The van der Waals surface area contributed by atoms with Gasteiger partial charge in [0.05, 0.1) is 6.61 Å². The molecule has 5 nitrogen and oxygen atoms in total. The zero-order valence-corrected chi connectivity index (χ0v) is 19.2. The standard InChI is InChI=1S/C24H24ClNO4S/c1-4-29-24(28)22-20(16-8-10-18(25)11-9-16)14-31-23(22)26-21(27)13-30-19-7-5-6-17(12-19)15(2)3/h5-12,14-15H,4,13H2,1-3H3,(H,26,27). The Balaban J connectivity index is 1.77. The van der Waals surface area contributed by atoms with E-state index in [-0.39, 0.29) is 19.1 Å². The van der Waals surface area contributed by atoms with E-state index in [1.807, 2.05) is 41.8 Å². The first-order valence-corrected chi connectivity index (χ1v) is 11.2. The topological polar surface area (TPSA) is 64.6 Å².